The van der Waals surface area contributed by atoms with Crippen LogP contribution in [-0.2, 0) is 16.1 Å². The smallest absolute Gasteiger partial charge is 0.298 e. The minimum atomic E-state index is -0.249. The van der Waals surface area contributed by atoms with Crippen molar-refractivity contribution in [3.8, 4) is 23.1 Å². The monoisotopic (exact) mass is 461 g/mol. The van der Waals surface area contributed by atoms with E-state index in [2.05, 4.69) is 17.2 Å². The number of ether oxygens (including phenoxy) is 1. The standard InChI is InChI=1S/C26H31N5O3/c1-28-25(33)22-23(19-8-5-18(6-9-19)15-34-2)29-31(24(22)27)20-13-26(14-20)11-12-30(16-26)21(32)10-7-17-3-4-17/h5-6,8-9,17,20H,3-4,11-16,27H2,1-2H3,(H,28,33). The molecule has 2 amide bonds. The summed E-state index contributed by atoms with van der Waals surface area (Å²) in [5.74, 6) is 6.42. The van der Waals surface area contributed by atoms with Crippen LogP contribution in [0.25, 0.3) is 11.3 Å². The molecule has 2 aromatic rings. The summed E-state index contributed by atoms with van der Waals surface area (Å²) in [5, 5.41) is 7.50. The number of likely N-dealkylation sites (tertiary alicyclic amines) is 1. The summed E-state index contributed by atoms with van der Waals surface area (Å²) in [6.07, 6.45) is 4.98. The van der Waals surface area contributed by atoms with E-state index in [1.165, 1.54) is 0 Å². The third kappa shape index (κ3) is 4.16. The summed E-state index contributed by atoms with van der Waals surface area (Å²) in [5.41, 5.74) is 9.44. The van der Waals surface area contributed by atoms with Gasteiger partial charge >= 0.3 is 0 Å². The van der Waals surface area contributed by atoms with Gasteiger partial charge in [0.2, 0.25) is 0 Å². The van der Waals surface area contributed by atoms with Crippen molar-refractivity contribution >= 4 is 17.6 Å². The third-order valence-electron chi connectivity index (χ3n) is 7.31. The van der Waals surface area contributed by atoms with E-state index in [9.17, 15) is 9.59 Å². The van der Waals surface area contributed by atoms with Gasteiger partial charge in [-0.3, -0.25) is 9.59 Å². The largest absolute Gasteiger partial charge is 0.383 e. The first-order valence-corrected chi connectivity index (χ1v) is 11.9. The fraction of sp³-hybridized carbons (Fsp3) is 0.500. The van der Waals surface area contributed by atoms with Crippen molar-refractivity contribution in [3.05, 3.63) is 35.4 Å². The van der Waals surface area contributed by atoms with Crippen LogP contribution in [0.3, 0.4) is 0 Å². The van der Waals surface area contributed by atoms with Crippen molar-refractivity contribution in [1.82, 2.24) is 20.0 Å². The molecule has 0 radical (unpaired) electrons. The zero-order valence-electron chi connectivity index (χ0n) is 19.8. The van der Waals surface area contributed by atoms with Crippen molar-refractivity contribution in [3.63, 3.8) is 0 Å². The average molecular weight is 462 g/mol. The number of aromatic nitrogens is 2. The molecular weight excluding hydrogens is 430 g/mol. The predicted octanol–water partition coefficient (Wildman–Crippen LogP) is 2.61. The van der Waals surface area contributed by atoms with E-state index >= 15 is 0 Å². The quantitative estimate of drug-likeness (QED) is 0.667. The van der Waals surface area contributed by atoms with Gasteiger partial charge in [-0.25, -0.2) is 4.68 Å². The topological polar surface area (TPSA) is 102 Å². The molecule has 1 spiro atoms. The van der Waals surface area contributed by atoms with Crippen LogP contribution in [0.2, 0.25) is 0 Å². The number of hydrogen-bond donors (Lipinski definition) is 2. The van der Waals surface area contributed by atoms with E-state index in [4.69, 9.17) is 15.6 Å². The van der Waals surface area contributed by atoms with E-state index in [0.29, 0.717) is 29.6 Å². The van der Waals surface area contributed by atoms with Crippen LogP contribution in [0, 0.1) is 23.2 Å². The van der Waals surface area contributed by atoms with E-state index in [1.54, 1.807) is 14.2 Å². The van der Waals surface area contributed by atoms with E-state index in [0.717, 1.165) is 56.3 Å². The van der Waals surface area contributed by atoms with Crippen LogP contribution in [0.4, 0.5) is 5.82 Å². The molecule has 3 aliphatic rings. The normalized spacial score (nSPS) is 23.4. The molecule has 8 nitrogen and oxygen atoms in total. The van der Waals surface area contributed by atoms with Crippen LogP contribution >= 0.6 is 0 Å². The van der Waals surface area contributed by atoms with Gasteiger partial charge < -0.3 is 20.7 Å². The van der Waals surface area contributed by atoms with Crippen molar-refractivity contribution in [2.45, 2.75) is 44.8 Å². The second kappa shape index (κ2) is 8.80. The molecule has 2 heterocycles. The molecule has 1 aromatic carbocycles. The molecule has 0 bridgehead atoms. The zero-order valence-corrected chi connectivity index (χ0v) is 19.8. The molecule has 0 atom stereocenters. The van der Waals surface area contributed by atoms with Gasteiger partial charge in [0.1, 0.15) is 17.1 Å². The second-order valence-electron chi connectivity index (χ2n) is 9.84. The SMILES string of the molecule is CNC(=O)c1c(-c2ccc(COC)cc2)nn(C2CC3(CCN(C(=O)C#CC4CC4)C3)C2)c1N. The number of benzene rings is 1. The molecule has 8 heteroatoms. The van der Waals surface area contributed by atoms with Gasteiger partial charge in [0.25, 0.3) is 11.8 Å². The highest BCUT2D eigenvalue weighted by Crippen LogP contribution is 2.54. The molecule has 1 aliphatic heterocycles. The number of nitrogens with zero attached hydrogens (tertiary/aromatic N) is 3. The number of nitrogens with two attached hydrogens (primary N) is 1. The van der Waals surface area contributed by atoms with Crippen LogP contribution in [0.5, 0.6) is 0 Å². The highest BCUT2D eigenvalue weighted by molar-refractivity contribution is 6.04. The number of carbonyl (C=O) groups excluding carboxylic acids is 2. The maximum atomic E-state index is 12.7. The lowest BCUT2D eigenvalue weighted by Crippen LogP contribution is -2.42. The number of methoxy groups -OCH3 is 1. The molecule has 1 aromatic heterocycles. The summed E-state index contributed by atoms with van der Waals surface area (Å²) in [6, 6.07) is 7.93. The van der Waals surface area contributed by atoms with E-state index in [-0.39, 0.29) is 23.3 Å². The molecule has 1 saturated heterocycles. The van der Waals surface area contributed by atoms with Crippen LogP contribution in [0.15, 0.2) is 24.3 Å². The molecular formula is C26H31N5O3. The van der Waals surface area contributed by atoms with Gasteiger partial charge in [-0.1, -0.05) is 30.2 Å². The van der Waals surface area contributed by atoms with Gasteiger partial charge in [-0.05, 0) is 49.0 Å². The molecule has 3 N–H and O–H groups in total. The number of hydrogen-bond acceptors (Lipinski definition) is 5. The van der Waals surface area contributed by atoms with Crippen molar-refractivity contribution in [2.24, 2.45) is 11.3 Å². The predicted molar refractivity (Wildman–Crippen MR) is 129 cm³/mol. The summed E-state index contributed by atoms with van der Waals surface area (Å²) in [7, 11) is 3.26. The Kier molecular flexibility index (Phi) is 5.82. The number of amides is 2. The number of carbonyl (C=O) groups is 2. The Morgan fingerprint density at radius 3 is 2.65 bits per heavy atom. The number of nitrogens with one attached hydrogen (secondary N) is 1. The van der Waals surface area contributed by atoms with Gasteiger partial charge in [0.05, 0.1) is 12.6 Å². The third-order valence-corrected chi connectivity index (χ3v) is 7.31. The zero-order chi connectivity index (χ0) is 23.9. The Balaban J connectivity index is 1.33. The average Bonchev–Trinajstić information content (AvgIpc) is 3.44. The second-order valence-corrected chi connectivity index (χ2v) is 9.84. The molecule has 0 unspecified atom stereocenters. The minimum Gasteiger partial charge on any atom is -0.383 e. The Morgan fingerprint density at radius 1 is 1.26 bits per heavy atom. The molecule has 2 aliphatic carbocycles. The van der Waals surface area contributed by atoms with Crippen LogP contribution < -0.4 is 11.1 Å². The minimum absolute atomic E-state index is 0.0491. The summed E-state index contributed by atoms with van der Waals surface area (Å²) in [6.45, 7) is 2.01. The number of nitrogen functional groups attached to an aromatic ring is 1. The van der Waals surface area contributed by atoms with E-state index < -0.39 is 0 Å². The van der Waals surface area contributed by atoms with Gasteiger partial charge in [-0.15, -0.1) is 0 Å². The van der Waals surface area contributed by atoms with Gasteiger partial charge in [0, 0.05) is 38.7 Å². The Bertz CT molecular complexity index is 1160. The Labute approximate surface area is 199 Å². The lowest BCUT2D eigenvalue weighted by molar-refractivity contribution is -0.125. The van der Waals surface area contributed by atoms with E-state index in [1.807, 2.05) is 33.8 Å². The van der Waals surface area contributed by atoms with Crippen LogP contribution in [-0.4, -0.2) is 53.7 Å². The first-order valence-electron chi connectivity index (χ1n) is 11.9. The molecule has 2 saturated carbocycles. The van der Waals surface area contributed by atoms with Gasteiger partial charge in [-0.2, -0.15) is 5.10 Å². The molecule has 34 heavy (non-hydrogen) atoms. The Hall–Kier alpha value is -3.31. The fourth-order valence-corrected chi connectivity index (χ4v) is 5.23. The highest BCUT2D eigenvalue weighted by atomic mass is 16.5. The van der Waals surface area contributed by atoms with Crippen molar-refractivity contribution < 1.29 is 14.3 Å². The molecule has 5 rings (SSSR count). The molecule has 178 valence electrons. The fourth-order valence-electron chi connectivity index (χ4n) is 5.23. The van der Waals surface area contributed by atoms with Crippen LogP contribution in [0.1, 0.15) is 54.1 Å². The number of anilines is 1. The molecule has 3 fully saturated rings. The summed E-state index contributed by atoms with van der Waals surface area (Å²) in [4.78, 5) is 27.0. The Morgan fingerprint density at radius 2 is 2.00 bits per heavy atom. The maximum absolute atomic E-state index is 12.7. The number of rotatable bonds is 5. The van der Waals surface area contributed by atoms with Crippen molar-refractivity contribution in [2.75, 3.05) is 33.0 Å². The first kappa shape index (κ1) is 22.5. The lowest BCUT2D eigenvalue weighted by Gasteiger charge is -2.45. The summed E-state index contributed by atoms with van der Waals surface area (Å²) >= 11 is 0. The first-order chi connectivity index (χ1) is 16.4. The highest BCUT2D eigenvalue weighted by Gasteiger charge is 2.51. The van der Waals surface area contributed by atoms with Crippen molar-refractivity contribution in [1.29, 1.82) is 0 Å². The summed E-state index contributed by atoms with van der Waals surface area (Å²) < 4.78 is 7.00. The maximum Gasteiger partial charge on any atom is 0.298 e. The lowest BCUT2D eigenvalue weighted by atomic mass is 9.65. The van der Waals surface area contributed by atoms with Gasteiger partial charge in [0.15, 0.2) is 0 Å².